The van der Waals surface area contributed by atoms with E-state index in [0.717, 1.165) is 5.56 Å². The van der Waals surface area contributed by atoms with Crippen LogP contribution in [0, 0.1) is 5.41 Å². The highest BCUT2D eigenvalue weighted by Crippen LogP contribution is 2.56. The van der Waals surface area contributed by atoms with Crippen LogP contribution in [0.15, 0.2) is 18.2 Å². The number of carboxylic acid groups (broad SMARTS) is 1. The van der Waals surface area contributed by atoms with Gasteiger partial charge in [0.2, 0.25) is 0 Å². The van der Waals surface area contributed by atoms with E-state index in [1.54, 1.807) is 27.3 Å². The third-order valence-corrected chi connectivity index (χ3v) is 3.81. The molecule has 1 fully saturated rings. The van der Waals surface area contributed by atoms with Crippen molar-refractivity contribution < 1.29 is 19.4 Å². The van der Waals surface area contributed by atoms with Crippen molar-refractivity contribution >= 4 is 5.97 Å². The molecule has 0 saturated heterocycles. The molecule has 0 radical (unpaired) electrons. The lowest BCUT2D eigenvalue weighted by Gasteiger charge is -2.25. The van der Waals surface area contributed by atoms with Crippen LogP contribution in [-0.4, -0.2) is 32.3 Å². The van der Waals surface area contributed by atoms with Gasteiger partial charge in [0.15, 0.2) is 0 Å². The van der Waals surface area contributed by atoms with Crippen LogP contribution in [0.3, 0.4) is 0 Å². The van der Waals surface area contributed by atoms with Crippen LogP contribution < -0.4 is 14.8 Å². The molecule has 0 heterocycles. The Labute approximate surface area is 112 Å². The highest BCUT2D eigenvalue weighted by molar-refractivity contribution is 5.79. The number of hydrogen-bond acceptors (Lipinski definition) is 4. The summed E-state index contributed by atoms with van der Waals surface area (Å²) in [7, 11) is 4.94. The second-order valence-electron chi connectivity index (χ2n) is 4.79. The number of benzene rings is 1. The lowest BCUT2D eigenvalue weighted by atomic mass is 9.89. The largest absolute Gasteiger partial charge is 0.497 e. The van der Waals surface area contributed by atoms with Crippen LogP contribution in [0.4, 0.5) is 0 Å². The van der Waals surface area contributed by atoms with Gasteiger partial charge in [-0.3, -0.25) is 4.79 Å². The molecule has 0 amide bonds. The molecular weight excluding hydrogens is 246 g/mol. The predicted octanol–water partition coefficient (Wildman–Crippen LogP) is 1.83. The number of ether oxygens (including phenoxy) is 2. The van der Waals surface area contributed by atoms with Gasteiger partial charge in [-0.2, -0.15) is 0 Å². The van der Waals surface area contributed by atoms with Crippen molar-refractivity contribution in [2.45, 2.75) is 18.9 Å². The predicted molar refractivity (Wildman–Crippen MR) is 70.6 cm³/mol. The van der Waals surface area contributed by atoms with Gasteiger partial charge >= 0.3 is 5.97 Å². The van der Waals surface area contributed by atoms with Crippen LogP contribution in [0.1, 0.15) is 24.4 Å². The molecule has 104 valence electrons. The van der Waals surface area contributed by atoms with E-state index in [0.29, 0.717) is 24.3 Å². The molecule has 5 heteroatoms. The average molecular weight is 265 g/mol. The zero-order valence-corrected chi connectivity index (χ0v) is 11.4. The van der Waals surface area contributed by atoms with Gasteiger partial charge in [0.25, 0.3) is 0 Å². The number of carboxylic acids is 1. The van der Waals surface area contributed by atoms with Crippen LogP contribution in [0.2, 0.25) is 0 Å². The van der Waals surface area contributed by atoms with E-state index in [2.05, 4.69) is 5.32 Å². The molecule has 2 rings (SSSR count). The van der Waals surface area contributed by atoms with Gasteiger partial charge in [0.05, 0.1) is 25.7 Å². The molecule has 0 spiro atoms. The molecule has 1 unspecified atom stereocenters. The van der Waals surface area contributed by atoms with Crippen molar-refractivity contribution in [1.82, 2.24) is 5.32 Å². The highest BCUT2D eigenvalue weighted by atomic mass is 16.5. The second kappa shape index (κ2) is 5.09. The Morgan fingerprint density at radius 3 is 2.47 bits per heavy atom. The zero-order valence-electron chi connectivity index (χ0n) is 11.4. The lowest BCUT2D eigenvalue weighted by molar-refractivity contribution is -0.144. The van der Waals surface area contributed by atoms with Gasteiger partial charge in [-0.15, -0.1) is 0 Å². The third kappa shape index (κ3) is 2.26. The monoisotopic (exact) mass is 265 g/mol. The van der Waals surface area contributed by atoms with Crippen molar-refractivity contribution in [1.29, 1.82) is 0 Å². The van der Waals surface area contributed by atoms with Crippen LogP contribution in [0.5, 0.6) is 11.5 Å². The minimum Gasteiger partial charge on any atom is -0.497 e. The molecule has 1 aromatic carbocycles. The fraction of sp³-hybridized carbons (Fsp3) is 0.500. The Kier molecular flexibility index (Phi) is 3.66. The molecule has 0 aliphatic heterocycles. The molecule has 0 aromatic heterocycles. The Bertz CT molecular complexity index is 482. The van der Waals surface area contributed by atoms with Crippen molar-refractivity contribution in [2.24, 2.45) is 5.41 Å². The zero-order chi connectivity index (χ0) is 14.0. The van der Waals surface area contributed by atoms with Crippen LogP contribution in [-0.2, 0) is 4.79 Å². The van der Waals surface area contributed by atoms with E-state index in [4.69, 9.17) is 9.47 Å². The standard InChI is InChI=1S/C14H19NO4/c1-15-12(14(6-7-14)13(16)17)10-5-4-9(18-2)8-11(10)19-3/h4-5,8,12,15H,6-7H2,1-3H3,(H,16,17). The first-order valence-electron chi connectivity index (χ1n) is 6.21. The molecule has 1 aromatic rings. The summed E-state index contributed by atoms with van der Waals surface area (Å²) in [6.45, 7) is 0. The smallest absolute Gasteiger partial charge is 0.311 e. The quantitative estimate of drug-likeness (QED) is 0.821. The number of rotatable bonds is 6. The average Bonchev–Trinajstić information content (AvgIpc) is 3.21. The maximum atomic E-state index is 11.5. The summed E-state index contributed by atoms with van der Waals surface area (Å²) in [6, 6.07) is 5.20. The van der Waals surface area contributed by atoms with E-state index in [1.807, 2.05) is 12.1 Å². The molecule has 1 atom stereocenters. The molecule has 5 nitrogen and oxygen atoms in total. The van der Waals surface area contributed by atoms with Crippen LogP contribution in [0.25, 0.3) is 0 Å². The summed E-state index contributed by atoms with van der Waals surface area (Å²) in [4.78, 5) is 11.5. The van der Waals surface area contributed by atoms with Crippen molar-refractivity contribution in [3.05, 3.63) is 23.8 Å². The maximum Gasteiger partial charge on any atom is 0.311 e. The number of aliphatic carboxylic acids is 1. The Morgan fingerprint density at radius 1 is 1.37 bits per heavy atom. The van der Waals surface area contributed by atoms with Gasteiger partial charge < -0.3 is 19.9 Å². The van der Waals surface area contributed by atoms with Crippen molar-refractivity contribution in [3.63, 3.8) is 0 Å². The fourth-order valence-electron chi connectivity index (χ4n) is 2.55. The minimum atomic E-state index is -0.760. The van der Waals surface area contributed by atoms with E-state index >= 15 is 0 Å². The SMILES string of the molecule is CNC(c1ccc(OC)cc1OC)C1(C(=O)O)CC1. The molecule has 1 saturated carbocycles. The summed E-state index contributed by atoms with van der Waals surface area (Å²) in [5.41, 5.74) is 0.141. The van der Waals surface area contributed by atoms with Gasteiger partial charge in [-0.05, 0) is 26.0 Å². The molecule has 0 bridgehead atoms. The number of carbonyl (C=O) groups is 1. The molecule has 1 aliphatic carbocycles. The van der Waals surface area contributed by atoms with E-state index < -0.39 is 11.4 Å². The fourth-order valence-corrected chi connectivity index (χ4v) is 2.55. The summed E-state index contributed by atoms with van der Waals surface area (Å²) < 4.78 is 10.5. The Hall–Kier alpha value is -1.75. The first kappa shape index (κ1) is 13.7. The number of nitrogens with one attached hydrogen (secondary N) is 1. The molecular formula is C14H19NO4. The van der Waals surface area contributed by atoms with Crippen molar-refractivity contribution in [3.8, 4) is 11.5 Å². The maximum absolute atomic E-state index is 11.5. The summed E-state index contributed by atoms with van der Waals surface area (Å²) in [5, 5.41) is 12.5. The van der Waals surface area contributed by atoms with E-state index in [1.165, 1.54) is 0 Å². The van der Waals surface area contributed by atoms with E-state index in [-0.39, 0.29) is 6.04 Å². The van der Waals surface area contributed by atoms with Gasteiger partial charge in [-0.25, -0.2) is 0 Å². The number of hydrogen-bond donors (Lipinski definition) is 2. The normalized spacial score (nSPS) is 17.6. The van der Waals surface area contributed by atoms with Gasteiger partial charge in [0, 0.05) is 11.6 Å². The minimum absolute atomic E-state index is 0.258. The molecule has 19 heavy (non-hydrogen) atoms. The summed E-state index contributed by atoms with van der Waals surface area (Å²) >= 11 is 0. The van der Waals surface area contributed by atoms with E-state index in [9.17, 15) is 9.90 Å². The first-order chi connectivity index (χ1) is 9.08. The molecule has 1 aliphatic rings. The third-order valence-electron chi connectivity index (χ3n) is 3.81. The summed E-state index contributed by atoms with van der Waals surface area (Å²) in [6.07, 6.45) is 1.37. The van der Waals surface area contributed by atoms with Crippen LogP contribution >= 0.6 is 0 Å². The highest BCUT2D eigenvalue weighted by Gasteiger charge is 2.56. The Morgan fingerprint density at radius 2 is 2.05 bits per heavy atom. The van der Waals surface area contributed by atoms with Gasteiger partial charge in [-0.1, -0.05) is 6.07 Å². The van der Waals surface area contributed by atoms with Gasteiger partial charge in [0.1, 0.15) is 11.5 Å². The molecule has 2 N–H and O–H groups in total. The van der Waals surface area contributed by atoms with Crippen molar-refractivity contribution in [2.75, 3.05) is 21.3 Å². The topological polar surface area (TPSA) is 67.8 Å². The summed E-state index contributed by atoms with van der Waals surface area (Å²) in [5.74, 6) is 0.576. The number of methoxy groups -OCH3 is 2. The lowest BCUT2D eigenvalue weighted by Crippen LogP contribution is -2.32. The second-order valence-corrected chi connectivity index (χ2v) is 4.79. The first-order valence-corrected chi connectivity index (χ1v) is 6.21. The Balaban J connectivity index is 2.41.